The summed E-state index contributed by atoms with van der Waals surface area (Å²) in [5.41, 5.74) is 1.28. The first-order chi connectivity index (χ1) is 9.61. The number of amides is 2. The summed E-state index contributed by atoms with van der Waals surface area (Å²) in [6.45, 7) is 2.84. The molecule has 1 aromatic rings. The Morgan fingerprint density at radius 3 is 3.05 bits per heavy atom. The predicted molar refractivity (Wildman–Crippen MR) is 78.5 cm³/mol. The Bertz CT molecular complexity index is 444. The van der Waals surface area contributed by atoms with Crippen LogP contribution in [-0.4, -0.2) is 45.8 Å². The van der Waals surface area contributed by atoms with Gasteiger partial charge < -0.3 is 19.9 Å². The molecule has 1 saturated heterocycles. The van der Waals surface area contributed by atoms with Crippen molar-refractivity contribution in [3.05, 3.63) is 24.0 Å². The number of nitrogens with zero attached hydrogens (tertiary/aromatic N) is 2. The molecule has 0 unspecified atom stereocenters. The van der Waals surface area contributed by atoms with E-state index in [0.29, 0.717) is 0 Å². The summed E-state index contributed by atoms with van der Waals surface area (Å²) in [5, 5.41) is 12.3. The Labute approximate surface area is 120 Å². The van der Waals surface area contributed by atoms with Crippen molar-refractivity contribution in [2.24, 2.45) is 7.05 Å². The van der Waals surface area contributed by atoms with Crippen molar-refractivity contribution in [2.75, 3.05) is 13.2 Å². The quantitative estimate of drug-likeness (QED) is 0.858. The first-order valence-corrected chi connectivity index (χ1v) is 7.40. The van der Waals surface area contributed by atoms with Gasteiger partial charge in [-0.05, 0) is 44.7 Å². The van der Waals surface area contributed by atoms with Crippen molar-refractivity contribution in [1.29, 1.82) is 0 Å². The maximum atomic E-state index is 12.2. The van der Waals surface area contributed by atoms with Crippen molar-refractivity contribution in [3.63, 3.8) is 0 Å². The molecular weight excluding hydrogens is 254 g/mol. The highest BCUT2D eigenvalue weighted by Crippen LogP contribution is 2.16. The normalized spacial score (nSPS) is 20.1. The molecule has 2 amide bonds. The van der Waals surface area contributed by atoms with E-state index in [1.54, 1.807) is 4.90 Å². The molecule has 0 bridgehead atoms. The van der Waals surface area contributed by atoms with Crippen LogP contribution in [-0.2, 0) is 13.5 Å². The first-order valence-electron chi connectivity index (χ1n) is 7.40. The summed E-state index contributed by atoms with van der Waals surface area (Å²) in [7, 11) is 2.04. The fraction of sp³-hybridized carbons (Fsp3) is 0.667. The van der Waals surface area contributed by atoms with Crippen molar-refractivity contribution < 1.29 is 9.90 Å². The van der Waals surface area contributed by atoms with Crippen LogP contribution in [0.2, 0.25) is 0 Å². The molecule has 2 rings (SSSR count). The Hall–Kier alpha value is -1.49. The maximum Gasteiger partial charge on any atom is 0.317 e. The number of carbonyl (C=O) groups excluding carboxylic acids is 1. The van der Waals surface area contributed by atoms with Crippen LogP contribution < -0.4 is 5.32 Å². The summed E-state index contributed by atoms with van der Waals surface area (Å²) in [6, 6.07) is 4.24. The van der Waals surface area contributed by atoms with Crippen LogP contribution in [0.4, 0.5) is 4.79 Å². The van der Waals surface area contributed by atoms with Gasteiger partial charge in [0, 0.05) is 31.5 Å². The number of rotatable bonds is 5. The third-order valence-electron chi connectivity index (χ3n) is 4.10. The van der Waals surface area contributed by atoms with Crippen LogP contribution in [0, 0.1) is 0 Å². The average molecular weight is 279 g/mol. The van der Waals surface area contributed by atoms with Crippen LogP contribution >= 0.6 is 0 Å². The number of hydrogen-bond acceptors (Lipinski definition) is 2. The van der Waals surface area contributed by atoms with Gasteiger partial charge in [-0.25, -0.2) is 4.79 Å². The molecule has 1 aliphatic rings. The summed E-state index contributed by atoms with van der Waals surface area (Å²) in [6.07, 6.45) is 5.79. The molecule has 1 aromatic heterocycles. The van der Waals surface area contributed by atoms with Crippen molar-refractivity contribution in [2.45, 2.75) is 44.7 Å². The Morgan fingerprint density at radius 2 is 2.40 bits per heavy atom. The second-order valence-electron chi connectivity index (χ2n) is 5.67. The Kier molecular flexibility index (Phi) is 5.06. The largest absolute Gasteiger partial charge is 0.394 e. The lowest BCUT2D eigenvalue weighted by molar-refractivity contribution is 0.154. The minimum atomic E-state index is -0.0408. The highest BCUT2D eigenvalue weighted by Gasteiger charge is 2.28. The molecule has 20 heavy (non-hydrogen) atoms. The zero-order valence-corrected chi connectivity index (χ0v) is 12.4. The number of urea groups is 1. The number of likely N-dealkylation sites (tertiary alicyclic amines) is 1. The van der Waals surface area contributed by atoms with E-state index in [2.05, 4.69) is 16.0 Å². The van der Waals surface area contributed by atoms with E-state index in [1.807, 2.05) is 26.2 Å². The molecule has 1 aliphatic heterocycles. The van der Waals surface area contributed by atoms with Gasteiger partial charge in [-0.15, -0.1) is 0 Å². The molecule has 2 atom stereocenters. The molecule has 0 aromatic carbocycles. The minimum absolute atomic E-state index is 0.00456. The van der Waals surface area contributed by atoms with Crippen molar-refractivity contribution >= 4 is 6.03 Å². The van der Waals surface area contributed by atoms with Gasteiger partial charge >= 0.3 is 6.03 Å². The second-order valence-corrected chi connectivity index (χ2v) is 5.67. The Balaban J connectivity index is 1.78. The van der Waals surface area contributed by atoms with E-state index in [9.17, 15) is 9.90 Å². The first kappa shape index (κ1) is 14.9. The fourth-order valence-corrected chi connectivity index (χ4v) is 2.78. The van der Waals surface area contributed by atoms with Crippen molar-refractivity contribution in [1.82, 2.24) is 14.8 Å². The zero-order valence-electron chi connectivity index (χ0n) is 12.4. The van der Waals surface area contributed by atoms with Gasteiger partial charge in [0.1, 0.15) is 0 Å². The molecule has 2 N–H and O–H groups in total. The van der Waals surface area contributed by atoms with E-state index >= 15 is 0 Å². The van der Waals surface area contributed by atoms with Gasteiger partial charge in [0.25, 0.3) is 0 Å². The van der Waals surface area contributed by atoms with E-state index < -0.39 is 0 Å². The molecule has 2 heterocycles. The topological polar surface area (TPSA) is 57.5 Å². The van der Waals surface area contributed by atoms with Crippen molar-refractivity contribution in [3.8, 4) is 0 Å². The van der Waals surface area contributed by atoms with Gasteiger partial charge in [0.05, 0.1) is 12.6 Å². The number of hydrogen-bond donors (Lipinski definition) is 2. The van der Waals surface area contributed by atoms with E-state index in [1.165, 1.54) is 5.69 Å². The third-order valence-corrected chi connectivity index (χ3v) is 4.10. The number of carbonyl (C=O) groups is 1. The number of aromatic nitrogens is 1. The summed E-state index contributed by atoms with van der Waals surface area (Å²) in [4.78, 5) is 13.9. The monoisotopic (exact) mass is 279 g/mol. The molecule has 0 aliphatic carbocycles. The van der Waals surface area contributed by atoms with Gasteiger partial charge in [-0.1, -0.05) is 0 Å². The lowest BCUT2D eigenvalue weighted by Gasteiger charge is -2.25. The smallest absolute Gasteiger partial charge is 0.317 e. The minimum Gasteiger partial charge on any atom is -0.394 e. The van der Waals surface area contributed by atoms with Crippen LogP contribution in [0.15, 0.2) is 18.3 Å². The summed E-state index contributed by atoms with van der Waals surface area (Å²) in [5.74, 6) is 0. The van der Waals surface area contributed by atoms with Gasteiger partial charge in [-0.3, -0.25) is 0 Å². The van der Waals surface area contributed by atoms with Gasteiger partial charge in [-0.2, -0.15) is 0 Å². The molecule has 0 saturated carbocycles. The molecule has 0 radical (unpaired) electrons. The summed E-state index contributed by atoms with van der Waals surface area (Å²) >= 11 is 0. The maximum absolute atomic E-state index is 12.2. The number of nitrogens with one attached hydrogen (secondary N) is 1. The van der Waals surface area contributed by atoms with E-state index in [4.69, 9.17) is 0 Å². The van der Waals surface area contributed by atoms with Crippen LogP contribution in [0.1, 0.15) is 31.9 Å². The fourth-order valence-electron chi connectivity index (χ4n) is 2.78. The van der Waals surface area contributed by atoms with Gasteiger partial charge in [0.2, 0.25) is 0 Å². The van der Waals surface area contributed by atoms with Gasteiger partial charge in [0.15, 0.2) is 0 Å². The highest BCUT2D eigenvalue weighted by atomic mass is 16.3. The molecule has 5 nitrogen and oxygen atoms in total. The predicted octanol–water partition coefficient (Wildman–Crippen LogP) is 1.51. The zero-order chi connectivity index (χ0) is 14.5. The average Bonchev–Trinajstić information content (AvgIpc) is 3.04. The SMILES string of the molecule is C[C@H](CCc1cccn1C)NC(=O)N1CCC[C@H]1CO. The molecule has 0 spiro atoms. The second kappa shape index (κ2) is 6.79. The van der Waals surface area contributed by atoms with E-state index in [0.717, 1.165) is 32.2 Å². The standard InChI is InChI=1S/C15H25N3O2/c1-12(7-8-13-5-3-9-17(13)2)16-15(20)18-10-4-6-14(18)11-19/h3,5,9,12,14,19H,4,6-8,10-11H2,1-2H3,(H,16,20)/t12-,14+/m1/s1. The molecule has 112 valence electrons. The molecule has 1 fully saturated rings. The lowest BCUT2D eigenvalue weighted by atomic mass is 10.1. The Morgan fingerprint density at radius 1 is 1.60 bits per heavy atom. The highest BCUT2D eigenvalue weighted by molar-refractivity contribution is 5.75. The van der Waals surface area contributed by atoms with Crippen LogP contribution in [0.25, 0.3) is 0 Å². The molecular formula is C15H25N3O2. The molecule has 5 heteroatoms. The van der Waals surface area contributed by atoms with Crippen LogP contribution in [0.5, 0.6) is 0 Å². The van der Waals surface area contributed by atoms with Crippen LogP contribution in [0.3, 0.4) is 0 Å². The summed E-state index contributed by atoms with van der Waals surface area (Å²) < 4.78 is 2.11. The number of aliphatic hydroxyl groups excluding tert-OH is 1. The lowest BCUT2D eigenvalue weighted by Crippen LogP contribution is -2.47. The third kappa shape index (κ3) is 3.54. The van der Waals surface area contributed by atoms with E-state index in [-0.39, 0.29) is 24.7 Å². The number of aryl methyl sites for hydroxylation is 2. The number of aliphatic hydroxyl groups is 1.